The zero-order chi connectivity index (χ0) is 10.1. The molecular formula is C6H9NO5S. The van der Waals surface area contributed by atoms with Gasteiger partial charge in [-0.05, 0) is 0 Å². The molecule has 0 spiro atoms. The molecule has 0 aromatic carbocycles. The Hall–Kier alpha value is -1.11. The minimum absolute atomic E-state index is 0.0441. The first-order valence-electron chi connectivity index (χ1n) is 3.52. The molecule has 1 aliphatic heterocycles. The van der Waals surface area contributed by atoms with Crippen molar-refractivity contribution in [2.75, 3.05) is 12.0 Å². The standard InChI is InChI=1S/C6H9NO5S/c1-13(10,11)3-4-2-5(6(8)9)7-12-4/h4H,2-3H2,1H3,(H,8,9)/t4-/m0/s1. The molecule has 0 saturated carbocycles. The van der Waals surface area contributed by atoms with E-state index in [-0.39, 0.29) is 17.9 Å². The zero-order valence-corrected chi connectivity index (χ0v) is 7.74. The van der Waals surface area contributed by atoms with Gasteiger partial charge in [-0.1, -0.05) is 5.16 Å². The first-order chi connectivity index (χ1) is 5.88. The van der Waals surface area contributed by atoms with Crippen molar-refractivity contribution in [2.24, 2.45) is 5.16 Å². The molecule has 1 heterocycles. The molecule has 0 amide bonds. The summed E-state index contributed by atoms with van der Waals surface area (Å²) >= 11 is 0. The molecule has 0 unspecified atom stereocenters. The molecule has 1 rings (SSSR count). The predicted octanol–water partition coefficient (Wildman–Crippen LogP) is -0.739. The van der Waals surface area contributed by atoms with Crippen LogP contribution >= 0.6 is 0 Å². The molecule has 6 nitrogen and oxygen atoms in total. The number of rotatable bonds is 3. The Bertz CT molecular complexity index is 344. The molecule has 0 aliphatic carbocycles. The van der Waals surface area contributed by atoms with Gasteiger partial charge in [0.25, 0.3) is 0 Å². The van der Waals surface area contributed by atoms with E-state index in [1.807, 2.05) is 0 Å². The van der Waals surface area contributed by atoms with Crippen LogP contribution in [0.15, 0.2) is 5.16 Å². The molecule has 0 aromatic rings. The number of nitrogens with zero attached hydrogens (tertiary/aromatic N) is 1. The van der Waals surface area contributed by atoms with Crippen molar-refractivity contribution >= 4 is 21.5 Å². The van der Waals surface area contributed by atoms with Gasteiger partial charge in [-0.15, -0.1) is 0 Å². The molecule has 0 radical (unpaired) electrons. The molecule has 1 atom stereocenters. The summed E-state index contributed by atoms with van der Waals surface area (Å²) in [5.74, 6) is -1.37. The minimum Gasteiger partial charge on any atom is -0.477 e. The van der Waals surface area contributed by atoms with Crippen LogP contribution in [-0.4, -0.2) is 43.3 Å². The summed E-state index contributed by atoms with van der Waals surface area (Å²) in [6.07, 6.45) is 0.457. The Balaban J connectivity index is 2.52. The Kier molecular flexibility index (Phi) is 2.55. The summed E-state index contributed by atoms with van der Waals surface area (Å²) < 4.78 is 21.6. The smallest absolute Gasteiger partial charge is 0.353 e. The van der Waals surface area contributed by atoms with Crippen molar-refractivity contribution in [3.8, 4) is 0 Å². The van der Waals surface area contributed by atoms with Crippen molar-refractivity contribution in [3.05, 3.63) is 0 Å². The maximum Gasteiger partial charge on any atom is 0.353 e. The zero-order valence-electron chi connectivity index (χ0n) is 6.93. The van der Waals surface area contributed by atoms with Crippen LogP contribution in [0.3, 0.4) is 0 Å². The van der Waals surface area contributed by atoms with Crippen LogP contribution in [0.25, 0.3) is 0 Å². The molecule has 74 valence electrons. The third-order valence-electron chi connectivity index (χ3n) is 1.47. The summed E-state index contributed by atoms with van der Waals surface area (Å²) in [4.78, 5) is 15.0. The van der Waals surface area contributed by atoms with Crippen molar-refractivity contribution in [1.82, 2.24) is 0 Å². The Morgan fingerprint density at radius 3 is 2.77 bits per heavy atom. The summed E-state index contributed by atoms with van der Waals surface area (Å²) in [6.45, 7) is 0. The monoisotopic (exact) mass is 207 g/mol. The maximum absolute atomic E-state index is 10.8. The fourth-order valence-corrected chi connectivity index (χ4v) is 1.84. The van der Waals surface area contributed by atoms with Crippen LogP contribution in [0.2, 0.25) is 0 Å². The van der Waals surface area contributed by atoms with Crippen LogP contribution in [0.1, 0.15) is 6.42 Å². The van der Waals surface area contributed by atoms with E-state index in [9.17, 15) is 13.2 Å². The van der Waals surface area contributed by atoms with Crippen LogP contribution in [0, 0.1) is 0 Å². The number of sulfone groups is 1. The highest BCUT2D eigenvalue weighted by atomic mass is 32.2. The lowest BCUT2D eigenvalue weighted by Crippen LogP contribution is -2.22. The van der Waals surface area contributed by atoms with E-state index in [0.29, 0.717) is 0 Å². The van der Waals surface area contributed by atoms with Gasteiger partial charge in [0, 0.05) is 12.7 Å². The second-order valence-electron chi connectivity index (χ2n) is 2.87. The maximum atomic E-state index is 10.8. The lowest BCUT2D eigenvalue weighted by Gasteiger charge is -2.04. The van der Waals surface area contributed by atoms with Crippen LogP contribution < -0.4 is 0 Å². The van der Waals surface area contributed by atoms with Gasteiger partial charge in [-0.2, -0.15) is 0 Å². The van der Waals surface area contributed by atoms with Crippen molar-refractivity contribution in [1.29, 1.82) is 0 Å². The molecule has 0 aromatic heterocycles. The van der Waals surface area contributed by atoms with Crippen LogP contribution in [0.5, 0.6) is 0 Å². The van der Waals surface area contributed by atoms with Gasteiger partial charge in [-0.25, -0.2) is 13.2 Å². The molecule has 13 heavy (non-hydrogen) atoms. The van der Waals surface area contributed by atoms with Gasteiger partial charge >= 0.3 is 5.97 Å². The van der Waals surface area contributed by atoms with Crippen LogP contribution in [0.4, 0.5) is 0 Å². The van der Waals surface area contributed by atoms with Crippen molar-refractivity contribution in [3.63, 3.8) is 0 Å². The van der Waals surface area contributed by atoms with E-state index in [1.165, 1.54) is 0 Å². The summed E-state index contributed by atoms with van der Waals surface area (Å²) in [6, 6.07) is 0. The van der Waals surface area contributed by atoms with E-state index in [2.05, 4.69) is 9.99 Å². The number of carbonyl (C=O) groups is 1. The summed E-state index contributed by atoms with van der Waals surface area (Å²) in [7, 11) is -3.15. The SMILES string of the molecule is CS(=O)(=O)C[C@@H]1CC(C(=O)O)=NO1. The second-order valence-corrected chi connectivity index (χ2v) is 5.05. The number of carboxylic acid groups (broad SMARTS) is 1. The van der Waals surface area contributed by atoms with Gasteiger partial charge in [0.15, 0.2) is 15.5 Å². The Morgan fingerprint density at radius 2 is 2.38 bits per heavy atom. The van der Waals surface area contributed by atoms with Gasteiger partial charge in [0.2, 0.25) is 0 Å². The molecule has 0 bridgehead atoms. The number of aliphatic carboxylic acids is 1. The number of hydrogen-bond donors (Lipinski definition) is 1. The molecular weight excluding hydrogens is 198 g/mol. The lowest BCUT2D eigenvalue weighted by atomic mass is 10.2. The fourth-order valence-electron chi connectivity index (χ4n) is 0.982. The third kappa shape index (κ3) is 3.02. The largest absolute Gasteiger partial charge is 0.477 e. The van der Waals surface area contributed by atoms with Gasteiger partial charge in [0.05, 0.1) is 5.75 Å². The lowest BCUT2D eigenvalue weighted by molar-refractivity contribution is -0.129. The van der Waals surface area contributed by atoms with Gasteiger partial charge in [0.1, 0.15) is 6.10 Å². The average Bonchev–Trinajstić information content (AvgIpc) is 2.31. The molecule has 1 N–H and O–H groups in total. The first kappa shape index (κ1) is 9.97. The van der Waals surface area contributed by atoms with Crippen molar-refractivity contribution in [2.45, 2.75) is 12.5 Å². The van der Waals surface area contributed by atoms with E-state index in [1.54, 1.807) is 0 Å². The molecule has 1 aliphatic rings. The topological polar surface area (TPSA) is 93.0 Å². The van der Waals surface area contributed by atoms with Crippen molar-refractivity contribution < 1.29 is 23.2 Å². The molecule has 0 fully saturated rings. The van der Waals surface area contributed by atoms with E-state index in [0.717, 1.165) is 6.26 Å². The summed E-state index contributed by atoms with van der Waals surface area (Å²) in [5.41, 5.74) is -0.131. The third-order valence-corrected chi connectivity index (χ3v) is 2.45. The van der Waals surface area contributed by atoms with E-state index in [4.69, 9.17) is 5.11 Å². The average molecular weight is 207 g/mol. The highest BCUT2D eigenvalue weighted by Gasteiger charge is 2.28. The highest BCUT2D eigenvalue weighted by molar-refractivity contribution is 7.90. The Morgan fingerprint density at radius 1 is 1.77 bits per heavy atom. The number of oxime groups is 1. The Labute approximate surface area is 75.1 Å². The summed E-state index contributed by atoms with van der Waals surface area (Å²) in [5, 5.41) is 11.7. The van der Waals surface area contributed by atoms with Crippen LogP contribution in [-0.2, 0) is 19.5 Å². The predicted molar refractivity (Wildman–Crippen MR) is 44.3 cm³/mol. The van der Waals surface area contributed by atoms with Gasteiger partial charge in [-0.3, -0.25) is 0 Å². The number of hydrogen-bond acceptors (Lipinski definition) is 5. The molecule has 7 heteroatoms. The van der Waals surface area contributed by atoms with E-state index >= 15 is 0 Å². The van der Waals surface area contributed by atoms with E-state index < -0.39 is 21.9 Å². The first-order valence-corrected chi connectivity index (χ1v) is 5.58. The minimum atomic E-state index is -3.15. The number of carboxylic acids is 1. The quantitative estimate of drug-likeness (QED) is 0.658. The highest BCUT2D eigenvalue weighted by Crippen LogP contribution is 2.12. The second kappa shape index (κ2) is 3.33. The van der Waals surface area contributed by atoms with Gasteiger partial charge < -0.3 is 9.94 Å². The fraction of sp³-hybridized carbons (Fsp3) is 0.667. The normalized spacial score (nSPS) is 22.2. The molecule has 0 saturated heterocycles.